The highest BCUT2D eigenvalue weighted by atomic mass is 35.5. The van der Waals surface area contributed by atoms with E-state index in [4.69, 9.17) is 28.9 Å². The van der Waals surface area contributed by atoms with Gasteiger partial charge in [0.05, 0.1) is 28.0 Å². The molecular formula is C14H17Cl2N3. The first-order valence-corrected chi connectivity index (χ1v) is 7.04. The van der Waals surface area contributed by atoms with Crippen LogP contribution in [0.5, 0.6) is 0 Å². The number of nitrogens with two attached hydrogens (primary N) is 1. The van der Waals surface area contributed by atoms with Gasteiger partial charge < -0.3 is 10.7 Å². The summed E-state index contributed by atoms with van der Waals surface area (Å²) in [6, 6.07) is 5.41. The second kappa shape index (κ2) is 5.95. The molecule has 2 rings (SSSR count). The predicted octanol–water partition coefficient (Wildman–Crippen LogP) is 4.43. The Morgan fingerprint density at radius 2 is 2.05 bits per heavy atom. The lowest BCUT2D eigenvalue weighted by molar-refractivity contribution is 0.441. The minimum Gasteiger partial charge on any atom is -0.341 e. The molecule has 2 aromatic rings. The smallest absolute Gasteiger partial charge is 0.123 e. The van der Waals surface area contributed by atoms with Gasteiger partial charge in [-0.2, -0.15) is 0 Å². The quantitative estimate of drug-likeness (QED) is 0.877. The second-order valence-corrected chi connectivity index (χ2v) is 5.54. The molecule has 0 aliphatic carbocycles. The Hall–Kier alpha value is -1.03. The average Bonchev–Trinajstić information content (AvgIpc) is 2.89. The van der Waals surface area contributed by atoms with Crippen LogP contribution < -0.4 is 5.73 Å². The Morgan fingerprint density at radius 1 is 1.32 bits per heavy atom. The number of imidazole rings is 1. The Morgan fingerprint density at radius 3 is 2.68 bits per heavy atom. The minimum absolute atomic E-state index is 0.0819. The molecule has 0 bridgehead atoms. The second-order valence-electron chi connectivity index (χ2n) is 4.72. The third-order valence-electron chi connectivity index (χ3n) is 3.40. The van der Waals surface area contributed by atoms with Gasteiger partial charge in [0, 0.05) is 5.56 Å². The summed E-state index contributed by atoms with van der Waals surface area (Å²) in [7, 11) is 0. The number of aromatic nitrogens is 2. The minimum atomic E-state index is -0.0819. The molecule has 0 aliphatic heterocycles. The number of aromatic amines is 1. The lowest BCUT2D eigenvalue weighted by Crippen LogP contribution is -2.19. The highest BCUT2D eigenvalue weighted by Crippen LogP contribution is 2.28. The molecule has 0 radical (unpaired) electrons. The van der Waals surface area contributed by atoms with Gasteiger partial charge in [0.2, 0.25) is 0 Å². The highest BCUT2D eigenvalue weighted by molar-refractivity contribution is 6.42. The molecule has 2 atom stereocenters. The number of hydrogen-bond acceptors (Lipinski definition) is 2. The van der Waals surface area contributed by atoms with Crippen molar-refractivity contribution in [3.63, 3.8) is 0 Å². The van der Waals surface area contributed by atoms with Gasteiger partial charge >= 0.3 is 0 Å². The zero-order chi connectivity index (χ0) is 14.0. The Bertz CT molecular complexity index is 566. The topological polar surface area (TPSA) is 54.7 Å². The lowest BCUT2D eigenvalue weighted by Gasteiger charge is -2.15. The van der Waals surface area contributed by atoms with E-state index in [0.717, 1.165) is 23.5 Å². The van der Waals surface area contributed by atoms with E-state index in [-0.39, 0.29) is 6.04 Å². The van der Waals surface area contributed by atoms with Gasteiger partial charge in [-0.1, -0.05) is 49.5 Å². The molecule has 1 heterocycles. The lowest BCUT2D eigenvalue weighted by atomic mass is 10.00. The van der Waals surface area contributed by atoms with Crippen molar-refractivity contribution in [3.05, 3.63) is 40.3 Å². The normalized spacial score (nSPS) is 14.4. The van der Waals surface area contributed by atoms with Crippen molar-refractivity contribution in [2.75, 3.05) is 0 Å². The summed E-state index contributed by atoms with van der Waals surface area (Å²) < 4.78 is 0. The van der Waals surface area contributed by atoms with E-state index in [1.807, 2.05) is 12.1 Å². The van der Waals surface area contributed by atoms with Crippen LogP contribution in [-0.4, -0.2) is 9.97 Å². The molecule has 5 heteroatoms. The molecule has 1 aromatic heterocycles. The van der Waals surface area contributed by atoms with Gasteiger partial charge in [0.1, 0.15) is 5.82 Å². The van der Waals surface area contributed by atoms with Crippen molar-refractivity contribution in [1.29, 1.82) is 0 Å². The molecule has 0 aliphatic rings. The molecule has 3 nitrogen and oxygen atoms in total. The van der Waals surface area contributed by atoms with E-state index in [1.165, 1.54) is 0 Å². The number of hydrogen-bond donors (Lipinski definition) is 2. The fourth-order valence-corrected chi connectivity index (χ4v) is 2.14. The molecule has 0 saturated heterocycles. The van der Waals surface area contributed by atoms with E-state index in [1.54, 1.807) is 12.3 Å². The molecule has 3 N–H and O–H groups in total. The first-order chi connectivity index (χ1) is 9.02. The fraction of sp³-hybridized carbons (Fsp3) is 0.357. The van der Waals surface area contributed by atoms with Crippen molar-refractivity contribution in [1.82, 2.24) is 9.97 Å². The van der Waals surface area contributed by atoms with Gasteiger partial charge in [0.25, 0.3) is 0 Å². The maximum Gasteiger partial charge on any atom is 0.123 e. The molecular weight excluding hydrogens is 281 g/mol. The molecule has 19 heavy (non-hydrogen) atoms. The highest BCUT2D eigenvalue weighted by Gasteiger charge is 2.16. The fourth-order valence-electron chi connectivity index (χ4n) is 1.84. The van der Waals surface area contributed by atoms with Crippen molar-refractivity contribution >= 4 is 23.2 Å². The monoisotopic (exact) mass is 297 g/mol. The van der Waals surface area contributed by atoms with Gasteiger partial charge in [-0.25, -0.2) is 4.98 Å². The summed E-state index contributed by atoms with van der Waals surface area (Å²) in [6.07, 6.45) is 2.79. The third-order valence-corrected chi connectivity index (χ3v) is 4.14. The van der Waals surface area contributed by atoms with Gasteiger partial charge in [0.15, 0.2) is 0 Å². The predicted molar refractivity (Wildman–Crippen MR) is 80.4 cm³/mol. The van der Waals surface area contributed by atoms with E-state index < -0.39 is 0 Å². The number of benzene rings is 1. The van der Waals surface area contributed by atoms with Crippen LogP contribution >= 0.6 is 23.2 Å². The van der Waals surface area contributed by atoms with Gasteiger partial charge in [-0.15, -0.1) is 0 Å². The summed E-state index contributed by atoms with van der Waals surface area (Å²) in [4.78, 5) is 7.61. The molecule has 2 unspecified atom stereocenters. The summed E-state index contributed by atoms with van der Waals surface area (Å²) in [5.41, 5.74) is 8.00. The van der Waals surface area contributed by atoms with Crippen LogP contribution in [0.1, 0.15) is 32.1 Å². The molecule has 0 fully saturated rings. The first-order valence-electron chi connectivity index (χ1n) is 6.28. The van der Waals surface area contributed by atoms with E-state index >= 15 is 0 Å². The zero-order valence-electron chi connectivity index (χ0n) is 11.0. The first kappa shape index (κ1) is 14.4. The zero-order valence-corrected chi connectivity index (χ0v) is 12.5. The van der Waals surface area contributed by atoms with Crippen LogP contribution in [0.4, 0.5) is 0 Å². The molecule has 0 spiro atoms. The summed E-state index contributed by atoms with van der Waals surface area (Å²) >= 11 is 11.9. The summed E-state index contributed by atoms with van der Waals surface area (Å²) in [5.74, 6) is 1.18. The van der Waals surface area contributed by atoms with Crippen molar-refractivity contribution in [2.45, 2.75) is 26.3 Å². The van der Waals surface area contributed by atoms with Gasteiger partial charge in [-0.3, -0.25) is 0 Å². The Balaban J connectivity index is 2.27. The largest absolute Gasteiger partial charge is 0.341 e. The SMILES string of the molecule is CCC(C)C(N)c1ncc(-c2ccc(Cl)c(Cl)c2)[nH]1. The molecule has 0 saturated carbocycles. The number of nitrogens with zero attached hydrogens (tertiary/aromatic N) is 1. The van der Waals surface area contributed by atoms with Crippen molar-refractivity contribution in [3.8, 4) is 11.3 Å². The van der Waals surface area contributed by atoms with E-state index in [9.17, 15) is 0 Å². The summed E-state index contributed by atoms with van der Waals surface area (Å²) in [5, 5.41) is 1.07. The van der Waals surface area contributed by atoms with E-state index in [2.05, 4.69) is 23.8 Å². The third kappa shape index (κ3) is 3.11. The maximum atomic E-state index is 6.15. The van der Waals surface area contributed by atoms with Crippen LogP contribution in [0, 0.1) is 5.92 Å². The van der Waals surface area contributed by atoms with Crippen molar-refractivity contribution in [2.24, 2.45) is 11.7 Å². The number of rotatable bonds is 4. The van der Waals surface area contributed by atoms with Crippen molar-refractivity contribution < 1.29 is 0 Å². The van der Waals surface area contributed by atoms with Crippen LogP contribution in [0.2, 0.25) is 10.0 Å². The Kier molecular flexibility index (Phi) is 4.50. The average molecular weight is 298 g/mol. The summed E-state index contributed by atoms with van der Waals surface area (Å²) in [6.45, 7) is 4.24. The molecule has 102 valence electrons. The molecule has 1 aromatic carbocycles. The van der Waals surface area contributed by atoms with Crippen LogP contribution in [0.15, 0.2) is 24.4 Å². The molecule has 0 amide bonds. The van der Waals surface area contributed by atoms with E-state index in [0.29, 0.717) is 16.0 Å². The van der Waals surface area contributed by atoms with Crippen LogP contribution in [-0.2, 0) is 0 Å². The Labute approximate surface area is 123 Å². The number of halogens is 2. The number of nitrogens with one attached hydrogen (secondary N) is 1. The standard InChI is InChI=1S/C14H17Cl2N3/c1-3-8(2)13(17)14-18-7-12(19-14)9-4-5-10(15)11(16)6-9/h4-8,13H,3,17H2,1-2H3,(H,18,19). The van der Waals surface area contributed by atoms with Crippen LogP contribution in [0.25, 0.3) is 11.3 Å². The maximum absolute atomic E-state index is 6.15. The van der Waals surface area contributed by atoms with Crippen LogP contribution in [0.3, 0.4) is 0 Å². The van der Waals surface area contributed by atoms with Gasteiger partial charge in [-0.05, 0) is 18.1 Å². The number of H-pyrrole nitrogens is 1.